The molecule has 1 aliphatic heterocycles. The molecule has 13 nitrogen and oxygen atoms in total. The molecule has 5 rings (SSSR count). The number of carbonyl (C=O) groups is 3. The maximum atomic E-state index is 13.3. The minimum atomic E-state index is -0.509. The van der Waals surface area contributed by atoms with E-state index in [1.165, 1.54) is 23.9 Å². The normalized spacial score (nSPS) is 21.2. The van der Waals surface area contributed by atoms with Gasteiger partial charge in [0, 0.05) is 25.2 Å². The molecule has 2 amide bonds. The highest BCUT2D eigenvalue weighted by Crippen LogP contribution is 2.45. The minimum absolute atomic E-state index is 0.0747. The summed E-state index contributed by atoms with van der Waals surface area (Å²) in [7, 11) is 1.41. The van der Waals surface area contributed by atoms with Crippen LogP contribution >= 0.6 is 0 Å². The first-order chi connectivity index (χ1) is 20.1. The molecule has 0 saturated heterocycles. The van der Waals surface area contributed by atoms with E-state index in [0.29, 0.717) is 42.3 Å². The molecule has 218 valence electrons. The van der Waals surface area contributed by atoms with E-state index in [9.17, 15) is 14.4 Å². The zero-order valence-electron chi connectivity index (χ0n) is 23.7. The van der Waals surface area contributed by atoms with Crippen molar-refractivity contribution in [2.75, 3.05) is 20.3 Å². The van der Waals surface area contributed by atoms with E-state index >= 15 is 0 Å². The number of benzene rings is 1. The van der Waals surface area contributed by atoms with Gasteiger partial charge in [-0.25, -0.2) is 14.5 Å². The maximum absolute atomic E-state index is 13.3. The minimum Gasteiger partial charge on any atom is -0.483 e. The van der Waals surface area contributed by atoms with E-state index in [2.05, 4.69) is 37.9 Å². The Morgan fingerprint density at radius 2 is 1.88 bits per heavy atom. The Hall–Kier alpha value is -4.99. The first-order valence-electron chi connectivity index (χ1n) is 13.6. The van der Waals surface area contributed by atoms with Gasteiger partial charge in [0.25, 0.3) is 11.8 Å². The largest absolute Gasteiger partial charge is 0.483 e. The Morgan fingerprint density at radius 1 is 1.10 bits per heavy atom. The number of ether oxygens (including phenoxy) is 2. The molecule has 0 spiro atoms. The van der Waals surface area contributed by atoms with E-state index in [1.54, 1.807) is 18.2 Å². The monoisotopic (exact) mass is 572 g/mol. The number of rotatable bonds is 7. The van der Waals surface area contributed by atoms with Gasteiger partial charge in [-0.05, 0) is 55.7 Å². The lowest BCUT2D eigenvalue weighted by Crippen LogP contribution is -2.43. The van der Waals surface area contributed by atoms with E-state index in [0.717, 1.165) is 18.4 Å². The van der Waals surface area contributed by atoms with E-state index < -0.39 is 11.3 Å². The predicted molar refractivity (Wildman–Crippen MR) is 151 cm³/mol. The summed E-state index contributed by atoms with van der Waals surface area (Å²) in [4.78, 5) is 47.4. The third kappa shape index (κ3) is 5.88. The highest BCUT2D eigenvalue weighted by molar-refractivity contribution is 5.98. The van der Waals surface area contributed by atoms with E-state index in [4.69, 9.17) is 14.7 Å². The lowest BCUT2D eigenvalue weighted by atomic mass is 9.65. The van der Waals surface area contributed by atoms with E-state index in [-0.39, 0.29) is 41.8 Å². The van der Waals surface area contributed by atoms with Crippen LogP contribution in [-0.4, -0.2) is 58.5 Å². The third-order valence-corrected chi connectivity index (χ3v) is 8.04. The Balaban J connectivity index is 1.25. The molecule has 0 radical (unpaired) electrons. The van der Waals surface area contributed by atoms with Gasteiger partial charge in [-0.1, -0.05) is 13.0 Å². The molecule has 2 aliphatic rings. The highest BCUT2D eigenvalue weighted by Gasteiger charge is 2.43. The van der Waals surface area contributed by atoms with Crippen molar-refractivity contribution in [1.82, 2.24) is 30.5 Å². The van der Waals surface area contributed by atoms with Gasteiger partial charge in [-0.3, -0.25) is 19.7 Å². The Morgan fingerprint density at radius 3 is 2.62 bits per heavy atom. The SMILES string of the molecule is COC(=O)C1(C)CCC(C)(CNC(=O)c2cc(C(=O)NCc3ccc4c(c3)N=C(NC#N)CO4)nc3ccnn23)CC1. The summed E-state index contributed by atoms with van der Waals surface area (Å²) in [6.45, 7) is 4.78. The van der Waals surface area contributed by atoms with Crippen LogP contribution in [0, 0.1) is 22.3 Å². The van der Waals surface area contributed by atoms with Crippen molar-refractivity contribution in [2.24, 2.45) is 15.8 Å². The lowest BCUT2D eigenvalue weighted by molar-refractivity contribution is -0.155. The maximum Gasteiger partial charge on any atom is 0.311 e. The molecule has 1 aromatic carbocycles. The van der Waals surface area contributed by atoms with Gasteiger partial charge in [0.15, 0.2) is 17.7 Å². The van der Waals surface area contributed by atoms with Crippen LogP contribution in [0.2, 0.25) is 0 Å². The molecule has 1 fully saturated rings. The Bertz CT molecular complexity index is 1610. The van der Waals surface area contributed by atoms with Gasteiger partial charge < -0.3 is 20.1 Å². The van der Waals surface area contributed by atoms with Gasteiger partial charge in [0.05, 0.1) is 18.7 Å². The number of amidine groups is 1. The topological polar surface area (TPSA) is 172 Å². The van der Waals surface area contributed by atoms with Crippen LogP contribution in [0.25, 0.3) is 5.65 Å². The summed E-state index contributed by atoms with van der Waals surface area (Å²) in [6.07, 6.45) is 6.21. The first kappa shape index (κ1) is 28.5. The van der Waals surface area contributed by atoms with Crippen LogP contribution in [0.3, 0.4) is 0 Å². The van der Waals surface area contributed by atoms with Crippen molar-refractivity contribution in [3.05, 3.63) is 53.5 Å². The van der Waals surface area contributed by atoms with Crippen molar-refractivity contribution in [1.29, 1.82) is 5.26 Å². The number of aliphatic imine (C=N–C) groups is 1. The van der Waals surface area contributed by atoms with Crippen molar-refractivity contribution in [2.45, 2.75) is 46.1 Å². The average Bonchev–Trinajstić information content (AvgIpc) is 3.48. The highest BCUT2D eigenvalue weighted by atomic mass is 16.5. The molecule has 3 aromatic rings. The molecular weight excluding hydrogens is 540 g/mol. The molecule has 0 bridgehead atoms. The number of aromatic nitrogens is 3. The number of nitrogens with zero attached hydrogens (tertiary/aromatic N) is 5. The van der Waals surface area contributed by atoms with Crippen molar-refractivity contribution in [3.8, 4) is 11.9 Å². The molecule has 0 atom stereocenters. The van der Waals surface area contributed by atoms with Crippen LogP contribution < -0.4 is 20.7 Å². The predicted octanol–water partition coefficient (Wildman–Crippen LogP) is 2.64. The van der Waals surface area contributed by atoms with Crippen LogP contribution in [0.15, 0.2) is 41.5 Å². The molecule has 2 aromatic heterocycles. The number of nitriles is 1. The summed E-state index contributed by atoms with van der Waals surface area (Å²) < 4.78 is 12.0. The number of esters is 1. The number of nitrogens with one attached hydrogen (secondary N) is 3. The second kappa shape index (κ2) is 11.5. The number of methoxy groups -OCH3 is 1. The molecule has 13 heteroatoms. The third-order valence-electron chi connectivity index (χ3n) is 8.04. The summed E-state index contributed by atoms with van der Waals surface area (Å²) in [5.74, 6) is -0.0621. The fourth-order valence-electron chi connectivity index (χ4n) is 5.22. The second-order valence-corrected chi connectivity index (χ2v) is 11.2. The number of hydrogen-bond acceptors (Lipinski definition) is 10. The molecule has 3 N–H and O–H groups in total. The van der Waals surface area contributed by atoms with Crippen molar-refractivity contribution >= 4 is 35.0 Å². The first-order valence-corrected chi connectivity index (χ1v) is 13.6. The second-order valence-electron chi connectivity index (χ2n) is 11.2. The van der Waals surface area contributed by atoms with Crippen LogP contribution in [0.4, 0.5) is 5.69 Å². The Kier molecular flexibility index (Phi) is 7.80. The number of amides is 2. The average molecular weight is 573 g/mol. The Labute approximate surface area is 242 Å². The van der Waals surface area contributed by atoms with Gasteiger partial charge in [-0.2, -0.15) is 10.4 Å². The number of fused-ring (bicyclic) bond motifs is 2. The summed E-state index contributed by atoms with van der Waals surface area (Å²) in [6, 6.07) is 8.37. The molecule has 0 unspecified atom stereocenters. The molecule has 1 saturated carbocycles. The van der Waals surface area contributed by atoms with Crippen molar-refractivity contribution < 1.29 is 23.9 Å². The summed E-state index contributed by atoms with van der Waals surface area (Å²) >= 11 is 0. The number of carbonyl (C=O) groups excluding carboxylic acids is 3. The van der Waals surface area contributed by atoms with Crippen LogP contribution in [0.1, 0.15) is 66.1 Å². The van der Waals surface area contributed by atoms with Crippen LogP contribution in [0.5, 0.6) is 5.75 Å². The number of hydrogen-bond donors (Lipinski definition) is 3. The van der Waals surface area contributed by atoms with Gasteiger partial charge in [0.2, 0.25) is 0 Å². The molecule has 1 aliphatic carbocycles. The standard InChI is InChI=1S/C29H32N8O5/c1-28(7-9-29(2,10-8-28)27(40)41-3)16-32-26(39)21-13-20(36-24-6-11-34-37(21)24)25(38)31-14-18-4-5-22-19(12-18)35-23(15-42-22)33-17-30/h4-6,11-13H,7-10,14-16H2,1-3H3,(H,31,38)(H,32,39)(H,33,35). The van der Waals surface area contributed by atoms with E-state index in [1.807, 2.05) is 19.2 Å². The van der Waals surface area contributed by atoms with Gasteiger partial charge in [-0.15, -0.1) is 0 Å². The van der Waals surface area contributed by atoms with Gasteiger partial charge >= 0.3 is 5.97 Å². The van der Waals surface area contributed by atoms with Gasteiger partial charge in [0.1, 0.15) is 29.4 Å². The smallest absolute Gasteiger partial charge is 0.311 e. The molecule has 3 heterocycles. The molecular formula is C29H32N8O5. The fourth-order valence-corrected chi connectivity index (χ4v) is 5.22. The molecule has 42 heavy (non-hydrogen) atoms. The summed E-state index contributed by atoms with van der Waals surface area (Å²) in [5.41, 5.74) is 1.24. The van der Waals surface area contributed by atoms with Crippen molar-refractivity contribution in [3.63, 3.8) is 0 Å². The zero-order valence-corrected chi connectivity index (χ0v) is 23.7. The quantitative estimate of drug-likeness (QED) is 0.219. The van der Waals surface area contributed by atoms with Crippen LogP contribution in [-0.2, 0) is 16.1 Å². The zero-order chi connectivity index (χ0) is 29.9. The lowest BCUT2D eigenvalue weighted by Gasteiger charge is -2.41. The fraction of sp³-hybridized carbons (Fsp3) is 0.414. The summed E-state index contributed by atoms with van der Waals surface area (Å²) in [5, 5.41) is 21.4.